The van der Waals surface area contributed by atoms with E-state index >= 15 is 0 Å². The van der Waals surface area contributed by atoms with Gasteiger partial charge >= 0.3 is 45.5 Å². The molecule has 0 saturated heterocycles. The molecule has 0 bridgehead atoms. The first kappa shape index (κ1) is 19.9. The van der Waals surface area contributed by atoms with E-state index < -0.39 is 0 Å². The van der Waals surface area contributed by atoms with Crippen molar-refractivity contribution in [2.75, 3.05) is 13.1 Å². The zero-order chi connectivity index (χ0) is 9.66. The summed E-state index contributed by atoms with van der Waals surface area (Å²) >= 11 is 0. The van der Waals surface area contributed by atoms with Crippen molar-refractivity contribution in [2.24, 2.45) is 0 Å². The molecule has 0 aromatic rings. The molecule has 13 heavy (non-hydrogen) atoms. The van der Waals surface area contributed by atoms with Crippen LogP contribution >= 0.6 is 0 Å². The SMILES string of the molecule is CCCCC[NH-].CCCCC[NH-].[Sr+2]. The Balaban J connectivity index is -0.000000143. The molecule has 0 aliphatic heterocycles. The van der Waals surface area contributed by atoms with Gasteiger partial charge in [-0.1, -0.05) is 52.4 Å². The molecule has 0 aromatic heterocycles. The summed E-state index contributed by atoms with van der Waals surface area (Å²) in [6, 6.07) is 0. The average Bonchev–Trinajstić information content (AvgIpc) is 2.12. The van der Waals surface area contributed by atoms with Crippen LogP contribution in [0, 0.1) is 0 Å². The van der Waals surface area contributed by atoms with Crippen LogP contribution in [-0.4, -0.2) is 58.6 Å². The van der Waals surface area contributed by atoms with Crippen LogP contribution < -0.4 is 0 Å². The fourth-order valence-corrected chi connectivity index (χ4v) is 0.750. The van der Waals surface area contributed by atoms with E-state index in [1.54, 1.807) is 0 Å². The first-order valence-electron chi connectivity index (χ1n) is 5.12. The van der Waals surface area contributed by atoms with Gasteiger partial charge in [-0.25, -0.2) is 0 Å². The molecule has 0 heterocycles. The quantitative estimate of drug-likeness (QED) is 0.510. The smallest absolute Gasteiger partial charge is 0.677 e. The average molecular weight is 260 g/mol. The van der Waals surface area contributed by atoms with Crippen molar-refractivity contribution in [1.29, 1.82) is 0 Å². The molecule has 0 aromatic carbocycles. The van der Waals surface area contributed by atoms with Gasteiger partial charge in [0.15, 0.2) is 0 Å². The molecule has 2 N–H and O–H groups in total. The minimum absolute atomic E-state index is 0. The van der Waals surface area contributed by atoms with Gasteiger partial charge < -0.3 is 11.5 Å². The minimum atomic E-state index is 0. The van der Waals surface area contributed by atoms with E-state index in [-0.39, 0.29) is 45.5 Å². The van der Waals surface area contributed by atoms with Crippen LogP contribution in [0.4, 0.5) is 0 Å². The predicted octanol–water partition coefficient (Wildman–Crippen LogP) is 4.08. The number of rotatable bonds is 6. The molecule has 0 aliphatic carbocycles. The first-order valence-corrected chi connectivity index (χ1v) is 5.12. The second-order valence-electron chi connectivity index (χ2n) is 2.91. The van der Waals surface area contributed by atoms with Crippen molar-refractivity contribution in [3.63, 3.8) is 0 Å². The van der Waals surface area contributed by atoms with Gasteiger partial charge in [0.05, 0.1) is 0 Å². The van der Waals surface area contributed by atoms with E-state index in [1.165, 1.54) is 25.7 Å². The maximum atomic E-state index is 6.71. The second kappa shape index (κ2) is 23.3. The minimum Gasteiger partial charge on any atom is -0.677 e. The van der Waals surface area contributed by atoms with E-state index in [2.05, 4.69) is 13.8 Å². The third-order valence-electron chi connectivity index (χ3n) is 1.56. The van der Waals surface area contributed by atoms with Gasteiger partial charge in [-0.15, -0.1) is 0 Å². The molecule has 0 aliphatic rings. The molecule has 0 fully saturated rings. The van der Waals surface area contributed by atoms with Gasteiger partial charge in [-0.2, -0.15) is 13.1 Å². The normalized spacial score (nSPS) is 8.31. The van der Waals surface area contributed by atoms with Crippen LogP contribution in [-0.2, 0) is 0 Å². The van der Waals surface area contributed by atoms with Gasteiger partial charge in [0.1, 0.15) is 0 Å². The Bertz CT molecular complexity index is 44.9. The van der Waals surface area contributed by atoms with Crippen LogP contribution in [0.5, 0.6) is 0 Å². The summed E-state index contributed by atoms with van der Waals surface area (Å²) in [6.07, 6.45) is 7.08. The molecular weight excluding hydrogens is 236 g/mol. The van der Waals surface area contributed by atoms with E-state index in [1.807, 2.05) is 0 Å². The molecule has 0 amide bonds. The van der Waals surface area contributed by atoms with Gasteiger partial charge in [0, 0.05) is 0 Å². The zero-order valence-electron chi connectivity index (χ0n) is 9.36. The van der Waals surface area contributed by atoms with Gasteiger partial charge in [-0.05, 0) is 0 Å². The molecule has 76 valence electrons. The number of hydrogen-bond donors (Lipinski definition) is 0. The summed E-state index contributed by atoms with van der Waals surface area (Å²) in [5.41, 5.74) is 13.4. The Morgan fingerprint density at radius 2 is 1.00 bits per heavy atom. The summed E-state index contributed by atoms with van der Waals surface area (Å²) in [6.45, 7) is 5.51. The Morgan fingerprint density at radius 3 is 1.08 bits per heavy atom. The van der Waals surface area contributed by atoms with Crippen molar-refractivity contribution < 1.29 is 0 Å². The molecule has 3 heteroatoms. The van der Waals surface area contributed by atoms with Crippen molar-refractivity contribution in [3.8, 4) is 0 Å². The zero-order valence-corrected chi connectivity index (χ0v) is 12.8. The summed E-state index contributed by atoms with van der Waals surface area (Å²) in [4.78, 5) is 0. The molecule has 0 saturated carbocycles. The molecule has 0 spiro atoms. The summed E-state index contributed by atoms with van der Waals surface area (Å²) in [5, 5.41) is 0. The fourth-order valence-electron chi connectivity index (χ4n) is 0.750. The van der Waals surface area contributed by atoms with Crippen molar-refractivity contribution in [2.45, 2.75) is 52.4 Å². The molecular formula is C10H24N2Sr. The second-order valence-corrected chi connectivity index (χ2v) is 2.91. The van der Waals surface area contributed by atoms with Crippen LogP contribution in [0.3, 0.4) is 0 Å². The standard InChI is InChI=1S/2C5H12N.Sr/c2*1-2-3-4-5-6;/h2*6H,2-5H2,1H3;/q2*-1;+2. The third kappa shape index (κ3) is 31.8. The molecule has 0 unspecified atom stereocenters. The van der Waals surface area contributed by atoms with Gasteiger partial charge in [0.25, 0.3) is 0 Å². The monoisotopic (exact) mass is 260 g/mol. The van der Waals surface area contributed by atoms with E-state index in [9.17, 15) is 0 Å². The van der Waals surface area contributed by atoms with Crippen molar-refractivity contribution in [3.05, 3.63) is 11.5 Å². The summed E-state index contributed by atoms with van der Waals surface area (Å²) in [7, 11) is 0. The molecule has 0 atom stereocenters. The number of nitrogens with one attached hydrogen (secondary N) is 2. The number of hydrogen-bond acceptors (Lipinski definition) is 0. The summed E-state index contributed by atoms with van der Waals surface area (Å²) in [5.74, 6) is 0. The first-order chi connectivity index (χ1) is 5.83. The summed E-state index contributed by atoms with van der Waals surface area (Å²) < 4.78 is 0. The van der Waals surface area contributed by atoms with Crippen LogP contribution in [0.2, 0.25) is 0 Å². The third-order valence-corrected chi connectivity index (χ3v) is 1.56. The maximum Gasteiger partial charge on any atom is 2.00 e. The Kier molecular flexibility index (Phi) is 35.7. The molecule has 0 radical (unpaired) electrons. The van der Waals surface area contributed by atoms with Gasteiger partial charge in [-0.3, -0.25) is 0 Å². The van der Waals surface area contributed by atoms with Crippen molar-refractivity contribution >= 4 is 45.5 Å². The predicted molar refractivity (Wildman–Crippen MR) is 63.2 cm³/mol. The van der Waals surface area contributed by atoms with Crippen LogP contribution in [0.15, 0.2) is 0 Å². The Morgan fingerprint density at radius 1 is 0.692 bits per heavy atom. The molecule has 2 nitrogen and oxygen atoms in total. The molecule has 0 rings (SSSR count). The Labute approximate surface area is 121 Å². The largest absolute Gasteiger partial charge is 2.00 e. The van der Waals surface area contributed by atoms with E-state index in [0.29, 0.717) is 13.1 Å². The maximum absolute atomic E-state index is 6.71. The fraction of sp³-hybridized carbons (Fsp3) is 1.00. The van der Waals surface area contributed by atoms with Crippen molar-refractivity contribution in [1.82, 2.24) is 0 Å². The Hall–Kier alpha value is 1.40. The van der Waals surface area contributed by atoms with E-state index in [0.717, 1.165) is 12.8 Å². The van der Waals surface area contributed by atoms with E-state index in [4.69, 9.17) is 11.5 Å². The number of unbranched alkanes of at least 4 members (excludes halogenated alkanes) is 4. The topological polar surface area (TPSA) is 47.6 Å². The van der Waals surface area contributed by atoms with Crippen LogP contribution in [0.25, 0.3) is 11.5 Å². The van der Waals surface area contributed by atoms with Gasteiger partial charge in [0.2, 0.25) is 0 Å². The van der Waals surface area contributed by atoms with Crippen LogP contribution in [0.1, 0.15) is 52.4 Å².